The van der Waals surface area contributed by atoms with E-state index in [9.17, 15) is 9.59 Å². The Morgan fingerprint density at radius 3 is 2.46 bits per heavy atom. The smallest absolute Gasteiger partial charge is 0.409 e. The van der Waals surface area contributed by atoms with E-state index in [-0.39, 0.29) is 6.09 Å². The Hall–Kier alpha value is -1.26. The van der Waals surface area contributed by atoms with E-state index >= 15 is 0 Å². The number of hydrogen-bond acceptors (Lipinski definition) is 3. The Bertz CT molecular complexity index is 188. The number of carbonyl (C=O) groups excluding carboxylic acids is 2. The van der Waals surface area contributed by atoms with Crippen LogP contribution in [-0.4, -0.2) is 55.1 Å². The van der Waals surface area contributed by atoms with Crippen molar-refractivity contribution >= 4 is 12.5 Å². The van der Waals surface area contributed by atoms with E-state index in [0.717, 1.165) is 6.41 Å². The second kappa shape index (κ2) is 4.69. The van der Waals surface area contributed by atoms with Gasteiger partial charge in [0.1, 0.15) is 0 Å². The van der Waals surface area contributed by atoms with Crippen molar-refractivity contribution in [1.82, 2.24) is 9.80 Å². The number of ether oxygens (including phenoxy) is 1. The van der Waals surface area contributed by atoms with Crippen LogP contribution in [0.2, 0.25) is 0 Å². The van der Waals surface area contributed by atoms with Crippen molar-refractivity contribution in [2.24, 2.45) is 0 Å². The third-order valence-corrected chi connectivity index (χ3v) is 1.99. The summed E-state index contributed by atoms with van der Waals surface area (Å²) in [6.07, 6.45) is 0.524. The largest absolute Gasteiger partial charge is 0.450 e. The maximum Gasteiger partial charge on any atom is 0.409 e. The summed E-state index contributed by atoms with van der Waals surface area (Å²) in [5, 5.41) is 0. The fourth-order valence-corrected chi connectivity index (χ4v) is 1.22. The van der Waals surface area contributed by atoms with Gasteiger partial charge in [-0.3, -0.25) is 4.79 Å². The fourth-order valence-electron chi connectivity index (χ4n) is 1.22. The average molecular weight is 186 g/mol. The third-order valence-electron chi connectivity index (χ3n) is 1.99. The van der Waals surface area contributed by atoms with Crippen LogP contribution in [0, 0.1) is 0 Å². The van der Waals surface area contributed by atoms with Crippen molar-refractivity contribution in [3.8, 4) is 0 Å². The summed E-state index contributed by atoms with van der Waals surface area (Å²) in [7, 11) is 0. The number of amides is 2. The minimum absolute atomic E-state index is 0.284. The molecule has 0 aliphatic carbocycles. The summed E-state index contributed by atoms with van der Waals surface area (Å²) in [4.78, 5) is 24.8. The van der Waals surface area contributed by atoms with E-state index in [2.05, 4.69) is 0 Å². The first-order chi connectivity index (χ1) is 6.27. The molecular weight excluding hydrogens is 172 g/mol. The average Bonchev–Trinajstić information content (AvgIpc) is 2.18. The molecule has 0 radical (unpaired) electrons. The predicted molar refractivity (Wildman–Crippen MR) is 46.2 cm³/mol. The first-order valence-corrected chi connectivity index (χ1v) is 4.39. The fraction of sp³-hybridized carbons (Fsp3) is 0.750. The quantitative estimate of drug-likeness (QED) is 0.567. The number of hydrogen-bond donors (Lipinski definition) is 0. The highest BCUT2D eigenvalue weighted by Gasteiger charge is 2.20. The van der Waals surface area contributed by atoms with Crippen LogP contribution in [0.15, 0.2) is 0 Å². The van der Waals surface area contributed by atoms with E-state index in [1.807, 2.05) is 0 Å². The normalized spacial score (nSPS) is 17.0. The van der Waals surface area contributed by atoms with Crippen LogP contribution in [0.5, 0.6) is 0 Å². The third kappa shape index (κ3) is 2.61. The Morgan fingerprint density at radius 2 is 2.00 bits per heavy atom. The van der Waals surface area contributed by atoms with Gasteiger partial charge in [0.2, 0.25) is 6.41 Å². The van der Waals surface area contributed by atoms with Crippen LogP contribution in [0.3, 0.4) is 0 Å². The molecule has 0 saturated carbocycles. The predicted octanol–water partition coefficient (Wildman–Crippen LogP) is -0.0831. The number of piperazine rings is 1. The van der Waals surface area contributed by atoms with Gasteiger partial charge in [-0.15, -0.1) is 0 Å². The van der Waals surface area contributed by atoms with Gasteiger partial charge in [-0.25, -0.2) is 4.79 Å². The molecule has 0 aromatic rings. The van der Waals surface area contributed by atoms with Crippen molar-refractivity contribution in [2.45, 2.75) is 6.92 Å². The van der Waals surface area contributed by atoms with Gasteiger partial charge < -0.3 is 14.5 Å². The van der Waals surface area contributed by atoms with E-state index in [1.54, 1.807) is 16.7 Å². The maximum atomic E-state index is 11.2. The summed E-state index contributed by atoms with van der Waals surface area (Å²) in [6, 6.07) is 0. The molecule has 1 rings (SSSR count). The van der Waals surface area contributed by atoms with Gasteiger partial charge in [0.05, 0.1) is 6.61 Å². The molecule has 13 heavy (non-hydrogen) atoms. The molecule has 0 unspecified atom stereocenters. The van der Waals surface area contributed by atoms with Crippen LogP contribution in [-0.2, 0) is 9.53 Å². The highest BCUT2D eigenvalue weighted by Crippen LogP contribution is 2.01. The van der Waals surface area contributed by atoms with Crippen LogP contribution < -0.4 is 0 Å². The number of nitrogens with zero attached hydrogens (tertiary/aromatic N) is 2. The van der Waals surface area contributed by atoms with Gasteiger partial charge in [-0.05, 0) is 6.92 Å². The lowest BCUT2D eigenvalue weighted by Gasteiger charge is -2.31. The van der Waals surface area contributed by atoms with E-state index in [1.165, 1.54) is 0 Å². The summed E-state index contributed by atoms with van der Waals surface area (Å²) in [5.41, 5.74) is 0. The Kier molecular flexibility index (Phi) is 3.54. The monoisotopic (exact) mass is 186 g/mol. The summed E-state index contributed by atoms with van der Waals surface area (Å²) in [5.74, 6) is 0. The first kappa shape index (κ1) is 9.83. The van der Waals surface area contributed by atoms with Gasteiger partial charge in [0.15, 0.2) is 0 Å². The van der Waals surface area contributed by atoms with Gasteiger partial charge in [-0.2, -0.15) is 0 Å². The van der Waals surface area contributed by atoms with E-state index < -0.39 is 0 Å². The Morgan fingerprint density at radius 1 is 1.38 bits per heavy atom. The zero-order valence-corrected chi connectivity index (χ0v) is 7.73. The van der Waals surface area contributed by atoms with Gasteiger partial charge >= 0.3 is 6.09 Å². The second-order valence-electron chi connectivity index (χ2n) is 2.83. The molecule has 1 aliphatic rings. The standard InChI is InChI=1S/C8H14N2O3/c1-2-13-8(12)10-5-3-9(7-11)4-6-10/h7H,2-6H2,1H3. The molecule has 0 aromatic heterocycles. The van der Waals surface area contributed by atoms with Crippen LogP contribution >= 0.6 is 0 Å². The highest BCUT2D eigenvalue weighted by molar-refractivity contribution is 5.67. The van der Waals surface area contributed by atoms with Gasteiger partial charge in [0.25, 0.3) is 0 Å². The minimum atomic E-state index is -0.284. The van der Waals surface area contributed by atoms with Crippen molar-refractivity contribution < 1.29 is 14.3 Å². The maximum absolute atomic E-state index is 11.2. The molecule has 1 aliphatic heterocycles. The lowest BCUT2D eigenvalue weighted by Crippen LogP contribution is -2.48. The molecule has 0 aromatic carbocycles. The SMILES string of the molecule is CCOC(=O)N1CCN(C=O)CC1. The van der Waals surface area contributed by atoms with Crippen molar-refractivity contribution in [3.63, 3.8) is 0 Å². The molecule has 1 saturated heterocycles. The molecular formula is C8H14N2O3. The molecule has 0 N–H and O–H groups in total. The van der Waals surface area contributed by atoms with Crippen LogP contribution in [0.1, 0.15) is 6.92 Å². The number of rotatable bonds is 2. The summed E-state index contributed by atoms with van der Waals surface area (Å²) < 4.78 is 4.83. The lowest BCUT2D eigenvalue weighted by atomic mass is 10.3. The highest BCUT2D eigenvalue weighted by atomic mass is 16.6. The molecule has 0 bridgehead atoms. The van der Waals surface area contributed by atoms with Crippen molar-refractivity contribution in [2.75, 3.05) is 32.8 Å². The number of carbonyl (C=O) groups is 2. The second-order valence-corrected chi connectivity index (χ2v) is 2.83. The lowest BCUT2D eigenvalue weighted by molar-refractivity contribution is -0.119. The molecule has 0 spiro atoms. The van der Waals surface area contributed by atoms with E-state index in [0.29, 0.717) is 32.8 Å². The van der Waals surface area contributed by atoms with Crippen molar-refractivity contribution in [1.29, 1.82) is 0 Å². The Balaban J connectivity index is 2.31. The molecule has 1 heterocycles. The van der Waals surface area contributed by atoms with E-state index in [4.69, 9.17) is 4.74 Å². The molecule has 2 amide bonds. The minimum Gasteiger partial charge on any atom is -0.450 e. The molecule has 74 valence electrons. The van der Waals surface area contributed by atoms with Crippen LogP contribution in [0.4, 0.5) is 4.79 Å². The molecule has 5 nitrogen and oxygen atoms in total. The molecule has 0 atom stereocenters. The zero-order chi connectivity index (χ0) is 9.68. The zero-order valence-electron chi connectivity index (χ0n) is 7.73. The Labute approximate surface area is 77.2 Å². The molecule has 5 heteroatoms. The topological polar surface area (TPSA) is 49.9 Å². The van der Waals surface area contributed by atoms with Crippen molar-refractivity contribution in [3.05, 3.63) is 0 Å². The summed E-state index contributed by atoms with van der Waals surface area (Å²) in [6.45, 7) is 4.51. The van der Waals surface area contributed by atoms with Gasteiger partial charge in [-0.1, -0.05) is 0 Å². The first-order valence-electron chi connectivity index (χ1n) is 4.39. The van der Waals surface area contributed by atoms with Crippen LogP contribution in [0.25, 0.3) is 0 Å². The molecule has 1 fully saturated rings. The van der Waals surface area contributed by atoms with Gasteiger partial charge in [0, 0.05) is 26.2 Å². The summed E-state index contributed by atoms with van der Waals surface area (Å²) >= 11 is 0.